The molecule has 1 unspecified atom stereocenters. The van der Waals surface area contributed by atoms with E-state index in [1.807, 2.05) is 30.3 Å². The fourth-order valence-electron chi connectivity index (χ4n) is 2.97. The van der Waals surface area contributed by atoms with Crippen molar-refractivity contribution in [1.29, 1.82) is 0 Å². The molecule has 1 N–H and O–H groups in total. The molecule has 0 saturated heterocycles. The maximum Gasteiger partial charge on any atom is 0.412 e. The molecule has 7 nitrogen and oxygen atoms in total. The van der Waals surface area contributed by atoms with E-state index in [9.17, 15) is 14.7 Å². The molecule has 0 heterocycles. The van der Waals surface area contributed by atoms with Crippen molar-refractivity contribution in [2.24, 2.45) is 0 Å². The molecule has 168 valence electrons. The van der Waals surface area contributed by atoms with Gasteiger partial charge in [0.2, 0.25) is 0 Å². The predicted molar refractivity (Wildman–Crippen MR) is 117 cm³/mol. The highest BCUT2D eigenvalue weighted by Gasteiger charge is 2.34. The number of benzene rings is 2. The largest absolute Gasteiger partial charge is 0.508 e. The lowest BCUT2D eigenvalue weighted by Gasteiger charge is -2.31. The van der Waals surface area contributed by atoms with Crippen molar-refractivity contribution in [2.75, 3.05) is 20.4 Å². The van der Waals surface area contributed by atoms with Gasteiger partial charge < -0.3 is 19.3 Å². The summed E-state index contributed by atoms with van der Waals surface area (Å²) in [7, 11) is 1.44. The van der Waals surface area contributed by atoms with Gasteiger partial charge >= 0.3 is 12.1 Å². The van der Waals surface area contributed by atoms with Gasteiger partial charge in [0.15, 0.2) is 0 Å². The number of methoxy groups -OCH3 is 1. The van der Waals surface area contributed by atoms with Crippen LogP contribution in [0.5, 0.6) is 5.75 Å². The number of para-hydroxylation sites is 1. The van der Waals surface area contributed by atoms with Crippen LogP contribution in [0.2, 0.25) is 0 Å². The molecule has 0 aliphatic carbocycles. The fourth-order valence-corrected chi connectivity index (χ4v) is 2.97. The van der Waals surface area contributed by atoms with Crippen LogP contribution in [0.4, 0.5) is 4.79 Å². The molecule has 0 saturated carbocycles. The van der Waals surface area contributed by atoms with E-state index in [2.05, 4.69) is 0 Å². The van der Waals surface area contributed by atoms with Crippen molar-refractivity contribution in [3.05, 3.63) is 65.7 Å². The average molecular weight is 430 g/mol. The number of hydrogen-bond donors (Lipinski definition) is 1. The van der Waals surface area contributed by atoms with Gasteiger partial charge in [0.05, 0.1) is 6.61 Å². The number of phenols is 1. The molecule has 0 bridgehead atoms. The Kier molecular flexibility index (Phi) is 8.88. The van der Waals surface area contributed by atoms with Gasteiger partial charge in [0, 0.05) is 20.0 Å². The first-order valence-electron chi connectivity index (χ1n) is 10.2. The second-order valence-electron chi connectivity index (χ2n) is 8.12. The van der Waals surface area contributed by atoms with Crippen LogP contribution in [0, 0.1) is 0 Å². The van der Waals surface area contributed by atoms with Gasteiger partial charge in [0.1, 0.15) is 24.1 Å². The van der Waals surface area contributed by atoms with Crippen molar-refractivity contribution in [2.45, 2.75) is 45.3 Å². The number of esters is 1. The Bertz CT molecular complexity index is 847. The van der Waals surface area contributed by atoms with Crippen LogP contribution in [0.25, 0.3) is 0 Å². The van der Waals surface area contributed by atoms with Gasteiger partial charge in [-0.15, -0.1) is 0 Å². The van der Waals surface area contributed by atoms with E-state index in [0.717, 1.165) is 5.56 Å². The molecule has 7 heteroatoms. The normalized spacial score (nSPS) is 12.1. The molecule has 0 radical (unpaired) electrons. The number of carbonyl (C=O) groups excluding carboxylic acids is 2. The lowest BCUT2D eigenvalue weighted by molar-refractivity contribution is -0.151. The maximum absolute atomic E-state index is 13.0. The Hall–Kier alpha value is -3.06. The van der Waals surface area contributed by atoms with E-state index in [0.29, 0.717) is 12.0 Å². The number of ether oxygens (including phenoxy) is 3. The number of rotatable bonds is 9. The summed E-state index contributed by atoms with van der Waals surface area (Å²) in [6.07, 6.45) is -0.0561. The molecule has 1 amide bonds. The average Bonchev–Trinajstić information content (AvgIpc) is 2.71. The van der Waals surface area contributed by atoms with Crippen LogP contribution in [0.3, 0.4) is 0 Å². The summed E-state index contributed by atoms with van der Waals surface area (Å²) in [6, 6.07) is 15.3. The molecule has 0 aliphatic rings. The van der Waals surface area contributed by atoms with Crippen LogP contribution in [0.1, 0.15) is 31.9 Å². The van der Waals surface area contributed by atoms with Crippen molar-refractivity contribution < 1.29 is 28.9 Å². The minimum absolute atomic E-state index is 0.0663. The van der Waals surface area contributed by atoms with Gasteiger partial charge in [-0.1, -0.05) is 48.5 Å². The van der Waals surface area contributed by atoms with Crippen LogP contribution >= 0.6 is 0 Å². The summed E-state index contributed by atoms with van der Waals surface area (Å²) >= 11 is 0. The smallest absolute Gasteiger partial charge is 0.412 e. The standard InChI is InChI=1S/C24H31NO6/c1-24(2,3)31-23(28)25(17-29-4)20(16-18-10-6-5-7-11-18)22(27)30-15-14-19-12-8-9-13-21(19)26/h5-13,20,26H,14-17H2,1-4H3. The van der Waals surface area contributed by atoms with Gasteiger partial charge in [-0.2, -0.15) is 0 Å². The van der Waals surface area contributed by atoms with Crippen LogP contribution in [-0.2, 0) is 31.8 Å². The zero-order valence-electron chi connectivity index (χ0n) is 18.5. The molecule has 2 aromatic rings. The highest BCUT2D eigenvalue weighted by molar-refractivity contribution is 5.82. The number of hydrogen-bond acceptors (Lipinski definition) is 6. The number of carbonyl (C=O) groups is 2. The topological polar surface area (TPSA) is 85.3 Å². The first-order valence-corrected chi connectivity index (χ1v) is 10.2. The highest BCUT2D eigenvalue weighted by atomic mass is 16.6. The molecule has 1 atom stereocenters. The third kappa shape index (κ3) is 7.94. The van der Waals surface area contributed by atoms with Gasteiger partial charge in [-0.25, -0.2) is 9.59 Å². The second-order valence-corrected chi connectivity index (χ2v) is 8.12. The van der Waals surface area contributed by atoms with Crippen molar-refractivity contribution in [3.8, 4) is 5.75 Å². The molecule has 0 spiro atoms. The van der Waals surface area contributed by atoms with Crippen molar-refractivity contribution in [1.82, 2.24) is 4.90 Å². The third-order valence-corrected chi connectivity index (χ3v) is 4.42. The molecule has 31 heavy (non-hydrogen) atoms. The van der Waals surface area contributed by atoms with E-state index in [4.69, 9.17) is 14.2 Å². The highest BCUT2D eigenvalue weighted by Crippen LogP contribution is 2.18. The molecule has 2 rings (SSSR count). The Morgan fingerprint density at radius 1 is 1.03 bits per heavy atom. The number of amides is 1. The summed E-state index contributed by atoms with van der Waals surface area (Å²) < 4.78 is 16.1. The zero-order chi connectivity index (χ0) is 22.9. The van der Waals surface area contributed by atoms with E-state index in [1.165, 1.54) is 12.0 Å². The summed E-state index contributed by atoms with van der Waals surface area (Å²) in [6.45, 7) is 5.21. The van der Waals surface area contributed by atoms with Crippen LogP contribution in [0.15, 0.2) is 54.6 Å². The fraction of sp³-hybridized carbons (Fsp3) is 0.417. The molecule has 0 aromatic heterocycles. The van der Waals surface area contributed by atoms with Crippen LogP contribution < -0.4 is 0 Å². The van der Waals surface area contributed by atoms with Crippen molar-refractivity contribution in [3.63, 3.8) is 0 Å². The zero-order valence-corrected chi connectivity index (χ0v) is 18.5. The second kappa shape index (κ2) is 11.4. The minimum Gasteiger partial charge on any atom is -0.508 e. The molecule has 0 aliphatic heterocycles. The quantitative estimate of drug-likeness (QED) is 0.480. The summed E-state index contributed by atoms with van der Waals surface area (Å²) in [5.74, 6) is -0.420. The SMILES string of the molecule is COCN(C(=O)OC(C)(C)C)C(Cc1ccccc1)C(=O)OCCc1ccccc1O. The van der Waals surface area contributed by atoms with Crippen molar-refractivity contribution >= 4 is 12.1 Å². The monoisotopic (exact) mass is 429 g/mol. The van der Waals surface area contributed by atoms with Gasteiger partial charge in [0.25, 0.3) is 0 Å². The first kappa shape index (κ1) is 24.2. The lowest BCUT2D eigenvalue weighted by Crippen LogP contribution is -2.49. The Morgan fingerprint density at radius 3 is 2.29 bits per heavy atom. The van der Waals surface area contributed by atoms with Gasteiger partial charge in [-0.3, -0.25) is 4.90 Å². The number of aromatic hydroxyl groups is 1. The Morgan fingerprint density at radius 2 is 1.68 bits per heavy atom. The van der Waals surface area contributed by atoms with E-state index in [-0.39, 0.29) is 25.5 Å². The van der Waals surface area contributed by atoms with E-state index in [1.54, 1.807) is 45.0 Å². The van der Waals surface area contributed by atoms with Gasteiger partial charge in [-0.05, 0) is 38.0 Å². The Labute approximate surface area is 183 Å². The summed E-state index contributed by atoms with van der Waals surface area (Å²) in [4.78, 5) is 27.1. The lowest BCUT2D eigenvalue weighted by atomic mass is 10.1. The number of nitrogens with zero attached hydrogens (tertiary/aromatic N) is 1. The molecular weight excluding hydrogens is 398 g/mol. The minimum atomic E-state index is -0.929. The van der Waals surface area contributed by atoms with E-state index >= 15 is 0 Å². The van der Waals surface area contributed by atoms with E-state index < -0.39 is 23.7 Å². The third-order valence-electron chi connectivity index (χ3n) is 4.42. The molecule has 2 aromatic carbocycles. The Balaban J connectivity index is 2.17. The number of phenolic OH excluding ortho intramolecular Hbond substituents is 1. The predicted octanol–water partition coefficient (Wildman–Crippen LogP) is 3.93. The summed E-state index contributed by atoms with van der Waals surface area (Å²) in [5, 5.41) is 9.89. The summed E-state index contributed by atoms with van der Waals surface area (Å²) in [5.41, 5.74) is 0.820. The maximum atomic E-state index is 13.0. The molecular formula is C24H31NO6. The molecule has 0 fully saturated rings. The van der Waals surface area contributed by atoms with Crippen LogP contribution in [-0.4, -0.2) is 54.2 Å². The first-order chi connectivity index (χ1) is 14.7.